The van der Waals surface area contributed by atoms with Gasteiger partial charge in [-0.15, -0.1) is 0 Å². The van der Waals surface area contributed by atoms with Crippen LogP contribution in [-0.4, -0.2) is 6.79 Å². The monoisotopic (exact) mass is 352 g/mol. The molecule has 22 heavy (non-hydrogen) atoms. The maximum Gasteiger partial charge on any atom is 0.231 e. The van der Waals surface area contributed by atoms with Gasteiger partial charge in [0.15, 0.2) is 11.5 Å². The summed E-state index contributed by atoms with van der Waals surface area (Å²) in [5.41, 5.74) is 2.49. The molecule has 0 atom stereocenters. The fraction of sp³-hybridized carbons (Fsp3) is 0.0588. The van der Waals surface area contributed by atoms with Crippen LogP contribution in [0.2, 0.25) is 0 Å². The Hall–Kier alpha value is -2.76. The van der Waals surface area contributed by atoms with Gasteiger partial charge in [-0.3, -0.25) is 0 Å². The number of hydrogen-bond acceptors (Lipinski definition) is 4. The lowest BCUT2D eigenvalue weighted by atomic mass is 10.0. The molecule has 1 aliphatic rings. The summed E-state index contributed by atoms with van der Waals surface area (Å²) in [6.45, 7) is 0.199. The van der Waals surface area contributed by atoms with Crippen molar-refractivity contribution in [2.75, 3.05) is 6.79 Å². The van der Waals surface area contributed by atoms with Crippen molar-refractivity contribution in [2.24, 2.45) is 0 Å². The van der Waals surface area contributed by atoms with Gasteiger partial charge in [-0.05, 0) is 41.5 Å². The summed E-state index contributed by atoms with van der Waals surface area (Å²) in [4.78, 5) is 0. The summed E-state index contributed by atoms with van der Waals surface area (Å²) in [5.74, 6) is 1.33. The van der Waals surface area contributed by atoms with Crippen molar-refractivity contribution in [2.45, 2.75) is 0 Å². The second-order valence-corrected chi connectivity index (χ2v) is 5.44. The minimum Gasteiger partial charge on any atom is -0.454 e. The van der Waals surface area contributed by atoms with Crippen molar-refractivity contribution in [1.82, 2.24) is 0 Å². The zero-order valence-electron chi connectivity index (χ0n) is 11.3. The van der Waals surface area contributed by atoms with E-state index in [1.54, 1.807) is 30.3 Å². The first-order valence-electron chi connectivity index (χ1n) is 6.43. The van der Waals surface area contributed by atoms with Crippen molar-refractivity contribution in [3.63, 3.8) is 0 Å². The van der Waals surface area contributed by atoms with Gasteiger partial charge in [0.2, 0.25) is 6.79 Å². The fourth-order valence-electron chi connectivity index (χ4n) is 2.14. The van der Waals surface area contributed by atoms with E-state index in [0.717, 1.165) is 10.0 Å². The fourth-order valence-corrected chi connectivity index (χ4v) is 2.57. The Morgan fingerprint density at radius 3 is 2.64 bits per heavy atom. The van der Waals surface area contributed by atoms with Crippen LogP contribution in [0.4, 0.5) is 0 Å². The highest BCUT2D eigenvalue weighted by Crippen LogP contribution is 2.38. The number of ether oxygens (including phenoxy) is 2. The van der Waals surface area contributed by atoms with Crippen molar-refractivity contribution in [3.05, 3.63) is 57.6 Å². The molecule has 4 nitrogen and oxygen atoms in total. The highest BCUT2D eigenvalue weighted by Gasteiger charge is 2.16. The van der Waals surface area contributed by atoms with Crippen LogP contribution in [-0.2, 0) is 0 Å². The average molecular weight is 353 g/mol. The smallest absolute Gasteiger partial charge is 0.231 e. The van der Waals surface area contributed by atoms with Gasteiger partial charge in [0.1, 0.15) is 0 Å². The Bertz CT molecular complexity index is 860. The number of hydrogen-bond donors (Lipinski definition) is 0. The largest absolute Gasteiger partial charge is 0.454 e. The average Bonchev–Trinajstić information content (AvgIpc) is 2.99. The van der Waals surface area contributed by atoms with Crippen LogP contribution in [0.3, 0.4) is 0 Å². The van der Waals surface area contributed by atoms with Crippen LogP contribution in [0, 0.1) is 22.7 Å². The molecule has 0 amide bonds. The third-order valence-corrected chi connectivity index (χ3v) is 3.90. The lowest BCUT2D eigenvalue weighted by Crippen LogP contribution is -1.92. The van der Waals surface area contributed by atoms with E-state index in [2.05, 4.69) is 28.1 Å². The molecule has 2 aromatic rings. The Labute approximate surface area is 135 Å². The molecule has 5 heteroatoms. The zero-order chi connectivity index (χ0) is 15.5. The Balaban J connectivity index is 2.06. The lowest BCUT2D eigenvalue weighted by Gasteiger charge is -2.04. The van der Waals surface area contributed by atoms with E-state index >= 15 is 0 Å². The van der Waals surface area contributed by atoms with E-state index in [-0.39, 0.29) is 6.79 Å². The third kappa shape index (κ3) is 2.67. The molecule has 0 saturated carbocycles. The van der Waals surface area contributed by atoms with Gasteiger partial charge in [0.25, 0.3) is 0 Å². The topological polar surface area (TPSA) is 66.0 Å². The summed E-state index contributed by atoms with van der Waals surface area (Å²) in [6.07, 6.45) is 1.75. The third-order valence-electron chi connectivity index (χ3n) is 3.21. The summed E-state index contributed by atoms with van der Waals surface area (Å²) in [6, 6.07) is 14.8. The van der Waals surface area contributed by atoms with Crippen LogP contribution in [0.25, 0.3) is 11.6 Å². The summed E-state index contributed by atoms with van der Waals surface area (Å²) < 4.78 is 11.5. The summed E-state index contributed by atoms with van der Waals surface area (Å²) >= 11 is 3.47. The van der Waals surface area contributed by atoms with Gasteiger partial charge in [-0.2, -0.15) is 10.5 Å². The summed E-state index contributed by atoms with van der Waals surface area (Å²) in [5, 5.41) is 18.4. The van der Waals surface area contributed by atoms with Crippen LogP contribution < -0.4 is 9.47 Å². The zero-order valence-corrected chi connectivity index (χ0v) is 12.9. The number of rotatable bonds is 2. The molecular weight excluding hydrogens is 344 g/mol. The van der Waals surface area contributed by atoms with Crippen molar-refractivity contribution >= 4 is 27.6 Å². The Morgan fingerprint density at radius 2 is 1.91 bits per heavy atom. The van der Waals surface area contributed by atoms with Gasteiger partial charge in [-0.1, -0.05) is 28.1 Å². The molecule has 3 rings (SSSR count). The minimum absolute atomic E-state index is 0.199. The lowest BCUT2D eigenvalue weighted by molar-refractivity contribution is 0.174. The molecule has 0 aromatic heterocycles. The Morgan fingerprint density at radius 1 is 1.14 bits per heavy atom. The van der Waals surface area contributed by atoms with E-state index in [4.69, 9.17) is 14.7 Å². The van der Waals surface area contributed by atoms with E-state index < -0.39 is 0 Å². The number of benzene rings is 2. The predicted molar refractivity (Wildman–Crippen MR) is 84.9 cm³/mol. The van der Waals surface area contributed by atoms with E-state index in [1.165, 1.54) is 0 Å². The van der Waals surface area contributed by atoms with Crippen LogP contribution in [0.5, 0.6) is 11.5 Å². The molecule has 0 spiro atoms. The van der Waals surface area contributed by atoms with Gasteiger partial charge in [-0.25, -0.2) is 0 Å². The number of allylic oxidation sites excluding steroid dienone is 1. The normalized spacial score (nSPS) is 12.6. The molecule has 2 aromatic carbocycles. The van der Waals surface area contributed by atoms with Crippen molar-refractivity contribution in [1.29, 1.82) is 10.5 Å². The van der Waals surface area contributed by atoms with Gasteiger partial charge in [0.05, 0.1) is 23.3 Å². The summed E-state index contributed by atoms with van der Waals surface area (Å²) in [7, 11) is 0. The second kappa shape index (κ2) is 5.93. The molecular formula is C17H9BrN2O2. The molecule has 106 valence electrons. The number of nitriles is 2. The molecule has 0 aliphatic carbocycles. The first-order valence-corrected chi connectivity index (χ1v) is 7.22. The first-order chi connectivity index (χ1) is 10.7. The van der Waals surface area contributed by atoms with Crippen LogP contribution >= 0.6 is 15.9 Å². The number of fused-ring (bicyclic) bond motifs is 1. The SMILES string of the molecule is N#C/C(=C\c1cc2c(cc1Br)OCO2)c1cccc(C#N)c1. The molecule has 1 aliphatic heterocycles. The highest BCUT2D eigenvalue weighted by atomic mass is 79.9. The van der Waals surface area contributed by atoms with Gasteiger partial charge < -0.3 is 9.47 Å². The maximum atomic E-state index is 9.42. The minimum atomic E-state index is 0.199. The standard InChI is InChI=1S/C17H9BrN2O2/c18-15-7-17-16(21-10-22-17)6-13(15)5-14(9-20)12-3-1-2-11(4-12)8-19/h1-7H,10H2/b14-5+. The van der Waals surface area contributed by atoms with Crippen molar-refractivity contribution < 1.29 is 9.47 Å². The van der Waals surface area contributed by atoms with E-state index in [9.17, 15) is 5.26 Å². The highest BCUT2D eigenvalue weighted by molar-refractivity contribution is 9.10. The van der Waals surface area contributed by atoms with Crippen LogP contribution in [0.1, 0.15) is 16.7 Å². The molecule has 0 unspecified atom stereocenters. The number of halogens is 1. The maximum absolute atomic E-state index is 9.42. The Kier molecular flexibility index (Phi) is 3.82. The van der Waals surface area contributed by atoms with Gasteiger partial charge >= 0.3 is 0 Å². The van der Waals surface area contributed by atoms with Gasteiger partial charge in [0, 0.05) is 4.47 Å². The molecule has 0 fully saturated rings. The molecule has 0 saturated heterocycles. The van der Waals surface area contributed by atoms with E-state index in [0.29, 0.717) is 28.2 Å². The first kappa shape index (κ1) is 14.2. The van der Waals surface area contributed by atoms with E-state index in [1.807, 2.05) is 12.1 Å². The molecule has 0 bridgehead atoms. The van der Waals surface area contributed by atoms with Crippen molar-refractivity contribution in [3.8, 4) is 23.6 Å². The molecule has 0 radical (unpaired) electrons. The molecule has 0 N–H and O–H groups in total. The number of nitrogens with zero attached hydrogens (tertiary/aromatic N) is 2. The molecule has 1 heterocycles. The second-order valence-electron chi connectivity index (χ2n) is 4.59. The van der Waals surface area contributed by atoms with Crippen LogP contribution in [0.15, 0.2) is 40.9 Å². The predicted octanol–water partition coefficient (Wildman–Crippen LogP) is 4.11. The quantitative estimate of drug-likeness (QED) is 0.602.